The third kappa shape index (κ3) is 5.07. The summed E-state index contributed by atoms with van der Waals surface area (Å²) < 4.78 is 16.5. The Kier molecular flexibility index (Phi) is 6.22. The van der Waals surface area contributed by atoms with Crippen LogP contribution < -0.4 is 9.47 Å². The quantitative estimate of drug-likeness (QED) is 0.585. The number of hydrogen-bond donors (Lipinski definition) is 0. The van der Waals surface area contributed by atoms with Crippen LogP contribution >= 0.6 is 0 Å². The lowest BCUT2D eigenvalue weighted by molar-refractivity contribution is 0.213. The molecule has 0 spiro atoms. The molecule has 0 aliphatic heterocycles. The van der Waals surface area contributed by atoms with E-state index in [-0.39, 0.29) is 0 Å². The number of rotatable bonds is 9. The maximum Gasteiger partial charge on any atom is 0.241 e. The molecule has 0 saturated heterocycles. The lowest BCUT2D eigenvalue weighted by Gasteiger charge is -2.14. The molecule has 1 heterocycles. The van der Waals surface area contributed by atoms with Gasteiger partial charge in [0.2, 0.25) is 11.7 Å². The predicted molar refractivity (Wildman–Crippen MR) is 99.2 cm³/mol. The fraction of sp³-hybridized carbons (Fsp3) is 0.300. The number of benzene rings is 2. The van der Waals surface area contributed by atoms with Crippen molar-refractivity contribution in [1.29, 1.82) is 0 Å². The van der Waals surface area contributed by atoms with Crippen molar-refractivity contribution in [3.8, 4) is 22.9 Å². The molecule has 1 aromatic heterocycles. The van der Waals surface area contributed by atoms with E-state index in [9.17, 15) is 0 Å². The van der Waals surface area contributed by atoms with Crippen molar-refractivity contribution in [2.75, 3.05) is 26.8 Å². The van der Waals surface area contributed by atoms with Gasteiger partial charge in [-0.2, -0.15) is 4.98 Å². The molecule has 2 aromatic carbocycles. The number of para-hydroxylation sites is 1. The Bertz CT molecular complexity index is 788. The topological polar surface area (TPSA) is 60.6 Å². The Balaban J connectivity index is 1.49. The monoisotopic (exact) mass is 353 g/mol. The Morgan fingerprint density at radius 2 is 1.69 bits per heavy atom. The van der Waals surface area contributed by atoms with Gasteiger partial charge in [0.15, 0.2) is 0 Å². The minimum Gasteiger partial charge on any atom is -0.494 e. The van der Waals surface area contributed by atoms with Gasteiger partial charge >= 0.3 is 0 Å². The number of aromatic nitrogens is 2. The number of hydrogen-bond acceptors (Lipinski definition) is 6. The molecular formula is C20H23N3O3. The Morgan fingerprint density at radius 1 is 0.962 bits per heavy atom. The van der Waals surface area contributed by atoms with Crippen LogP contribution in [-0.4, -0.2) is 41.8 Å². The van der Waals surface area contributed by atoms with Gasteiger partial charge in [-0.05, 0) is 50.4 Å². The Hall–Kier alpha value is -2.86. The van der Waals surface area contributed by atoms with Gasteiger partial charge in [-0.25, -0.2) is 0 Å². The zero-order chi connectivity index (χ0) is 18.2. The second kappa shape index (κ2) is 9.01. The average molecular weight is 353 g/mol. The van der Waals surface area contributed by atoms with Crippen LogP contribution in [0.25, 0.3) is 11.4 Å². The van der Waals surface area contributed by atoms with E-state index in [0.717, 1.165) is 23.6 Å². The van der Waals surface area contributed by atoms with E-state index in [4.69, 9.17) is 14.0 Å². The molecule has 0 aliphatic carbocycles. The number of likely N-dealkylation sites (N-methyl/N-ethyl adjacent to an activating group) is 1. The van der Waals surface area contributed by atoms with Gasteiger partial charge in [0.1, 0.15) is 18.1 Å². The first-order valence-electron chi connectivity index (χ1n) is 8.67. The second-order valence-electron chi connectivity index (χ2n) is 5.87. The summed E-state index contributed by atoms with van der Waals surface area (Å²) in [6, 6.07) is 17.4. The highest BCUT2D eigenvalue weighted by Gasteiger charge is 2.11. The molecule has 26 heavy (non-hydrogen) atoms. The summed E-state index contributed by atoms with van der Waals surface area (Å²) in [5.74, 6) is 2.86. The lowest BCUT2D eigenvalue weighted by atomic mass is 10.2. The van der Waals surface area contributed by atoms with Gasteiger partial charge in [-0.15, -0.1) is 0 Å². The van der Waals surface area contributed by atoms with Gasteiger partial charge in [0, 0.05) is 12.1 Å². The van der Waals surface area contributed by atoms with E-state index < -0.39 is 0 Å². The largest absolute Gasteiger partial charge is 0.494 e. The van der Waals surface area contributed by atoms with Crippen molar-refractivity contribution < 1.29 is 14.0 Å². The van der Waals surface area contributed by atoms with E-state index in [1.54, 1.807) is 0 Å². The molecule has 6 nitrogen and oxygen atoms in total. The van der Waals surface area contributed by atoms with Gasteiger partial charge in [0.05, 0.1) is 13.2 Å². The maximum absolute atomic E-state index is 5.70. The third-order valence-corrected chi connectivity index (χ3v) is 3.78. The van der Waals surface area contributed by atoms with Gasteiger partial charge in [-0.1, -0.05) is 23.4 Å². The van der Waals surface area contributed by atoms with Gasteiger partial charge in [-0.3, -0.25) is 4.90 Å². The zero-order valence-corrected chi connectivity index (χ0v) is 15.1. The molecule has 3 rings (SSSR count). The highest BCUT2D eigenvalue weighted by Crippen LogP contribution is 2.20. The molecule has 0 bridgehead atoms. The third-order valence-electron chi connectivity index (χ3n) is 3.78. The normalized spacial score (nSPS) is 10.9. The van der Waals surface area contributed by atoms with E-state index in [1.807, 2.05) is 68.6 Å². The second-order valence-corrected chi connectivity index (χ2v) is 5.87. The van der Waals surface area contributed by atoms with Crippen LogP contribution in [0, 0.1) is 0 Å². The first kappa shape index (κ1) is 17.9. The van der Waals surface area contributed by atoms with Gasteiger partial charge < -0.3 is 14.0 Å². The smallest absolute Gasteiger partial charge is 0.241 e. The molecular weight excluding hydrogens is 330 g/mol. The molecule has 0 N–H and O–H groups in total. The van der Waals surface area contributed by atoms with Crippen LogP contribution in [0.15, 0.2) is 59.1 Å². The summed E-state index contributed by atoms with van der Waals surface area (Å²) in [5, 5.41) is 4.06. The van der Waals surface area contributed by atoms with E-state index in [1.165, 1.54) is 0 Å². The fourth-order valence-electron chi connectivity index (χ4n) is 2.45. The molecule has 0 unspecified atom stereocenters. The van der Waals surface area contributed by atoms with Crippen LogP contribution in [-0.2, 0) is 6.54 Å². The molecule has 0 radical (unpaired) electrons. The molecule has 0 atom stereocenters. The van der Waals surface area contributed by atoms with Crippen molar-refractivity contribution >= 4 is 0 Å². The Labute approximate surface area is 153 Å². The summed E-state index contributed by atoms with van der Waals surface area (Å²) in [6.07, 6.45) is 0. The highest BCUT2D eigenvalue weighted by atomic mass is 16.5. The van der Waals surface area contributed by atoms with Crippen LogP contribution in [0.3, 0.4) is 0 Å². The molecule has 3 aromatic rings. The van der Waals surface area contributed by atoms with Crippen LogP contribution in [0.5, 0.6) is 11.5 Å². The van der Waals surface area contributed by atoms with Gasteiger partial charge in [0.25, 0.3) is 0 Å². The maximum atomic E-state index is 5.70. The standard InChI is InChI=1S/C20H23N3O3/c1-3-24-18-11-9-16(10-12-18)20-21-19(26-22-20)15-23(2)13-14-25-17-7-5-4-6-8-17/h4-12H,3,13-15H2,1-2H3. The summed E-state index contributed by atoms with van der Waals surface area (Å²) in [7, 11) is 2.00. The molecule has 6 heteroatoms. The molecule has 0 amide bonds. The molecule has 136 valence electrons. The minimum absolute atomic E-state index is 0.572. The summed E-state index contributed by atoms with van der Waals surface area (Å²) in [6.45, 7) is 4.53. The van der Waals surface area contributed by atoms with Crippen LogP contribution in [0.1, 0.15) is 12.8 Å². The minimum atomic E-state index is 0.572. The van der Waals surface area contributed by atoms with E-state index in [2.05, 4.69) is 15.0 Å². The summed E-state index contributed by atoms with van der Waals surface area (Å²) >= 11 is 0. The van der Waals surface area contributed by atoms with E-state index in [0.29, 0.717) is 31.5 Å². The van der Waals surface area contributed by atoms with Crippen molar-refractivity contribution in [3.63, 3.8) is 0 Å². The van der Waals surface area contributed by atoms with Crippen molar-refractivity contribution in [2.24, 2.45) is 0 Å². The highest BCUT2D eigenvalue weighted by molar-refractivity contribution is 5.55. The summed E-state index contributed by atoms with van der Waals surface area (Å²) in [5.41, 5.74) is 0.901. The zero-order valence-electron chi connectivity index (χ0n) is 15.1. The van der Waals surface area contributed by atoms with Crippen LogP contribution in [0.4, 0.5) is 0 Å². The van der Waals surface area contributed by atoms with E-state index >= 15 is 0 Å². The van der Waals surface area contributed by atoms with Crippen LogP contribution in [0.2, 0.25) is 0 Å². The predicted octanol–water partition coefficient (Wildman–Crippen LogP) is 3.65. The van der Waals surface area contributed by atoms with Crippen molar-refractivity contribution in [2.45, 2.75) is 13.5 Å². The first-order chi connectivity index (χ1) is 12.7. The number of ether oxygens (including phenoxy) is 2. The van der Waals surface area contributed by atoms with Crippen molar-refractivity contribution in [1.82, 2.24) is 15.0 Å². The van der Waals surface area contributed by atoms with Crippen molar-refractivity contribution in [3.05, 3.63) is 60.5 Å². The number of nitrogens with zero attached hydrogens (tertiary/aromatic N) is 3. The Morgan fingerprint density at radius 3 is 2.42 bits per heavy atom. The molecule has 0 aliphatic rings. The first-order valence-corrected chi connectivity index (χ1v) is 8.67. The SMILES string of the molecule is CCOc1ccc(-c2noc(CN(C)CCOc3ccccc3)n2)cc1. The fourth-order valence-corrected chi connectivity index (χ4v) is 2.45. The lowest BCUT2D eigenvalue weighted by Crippen LogP contribution is -2.24. The summed E-state index contributed by atoms with van der Waals surface area (Å²) in [4.78, 5) is 6.54. The molecule has 0 saturated carbocycles. The average Bonchev–Trinajstić information content (AvgIpc) is 3.12. The molecule has 0 fully saturated rings.